The lowest BCUT2D eigenvalue weighted by atomic mass is 9.92. The fraction of sp³-hybridized carbons (Fsp3) is 0.240. The van der Waals surface area contributed by atoms with Crippen LogP contribution in [0.25, 0.3) is 10.9 Å². The van der Waals surface area contributed by atoms with Gasteiger partial charge in [0.25, 0.3) is 0 Å². The van der Waals surface area contributed by atoms with Gasteiger partial charge in [-0.05, 0) is 59.9 Å². The second kappa shape index (κ2) is 8.32. The number of amides is 1. The van der Waals surface area contributed by atoms with Gasteiger partial charge in [-0.2, -0.15) is 0 Å². The largest absolute Gasteiger partial charge is 0.356 e. The van der Waals surface area contributed by atoms with Crippen LogP contribution < -0.4 is 0 Å². The van der Waals surface area contributed by atoms with Gasteiger partial charge in [-0.25, -0.2) is 0 Å². The van der Waals surface area contributed by atoms with Crippen molar-refractivity contribution in [1.82, 2.24) is 9.88 Å². The molecule has 152 valence electrons. The maximum absolute atomic E-state index is 13.3. The summed E-state index contributed by atoms with van der Waals surface area (Å²) < 4.78 is 0. The summed E-state index contributed by atoms with van der Waals surface area (Å²) >= 11 is 3.47. The summed E-state index contributed by atoms with van der Waals surface area (Å²) in [5.74, 6) is 0.228. The molecule has 3 nitrogen and oxygen atoms in total. The molecule has 1 unspecified atom stereocenters. The minimum Gasteiger partial charge on any atom is -0.356 e. The van der Waals surface area contributed by atoms with Crippen molar-refractivity contribution in [2.45, 2.75) is 30.2 Å². The Hall–Kier alpha value is -2.50. The van der Waals surface area contributed by atoms with Crippen LogP contribution in [0, 0.1) is 0 Å². The molecular weight excluding hydrogens is 408 g/mol. The Morgan fingerprint density at radius 3 is 2.73 bits per heavy atom. The van der Waals surface area contributed by atoms with E-state index in [2.05, 4.69) is 82.2 Å². The molecular formula is C25H24N2OS2. The van der Waals surface area contributed by atoms with E-state index in [4.69, 9.17) is 0 Å². The van der Waals surface area contributed by atoms with Crippen molar-refractivity contribution < 1.29 is 4.79 Å². The molecule has 0 radical (unpaired) electrons. The topological polar surface area (TPSA) is 36.1 Å². The number of nitrogens with zero attached hydrogens (tertiary/aromatic N) is 1. The van der Waals surface area contributed by atoms with Gasteiger partial charge < -0.3 is 9.88 Å². The van der Waals surface area contributed by atoms with Crippen molar-refractivity contribution in [3.05, 3.63) is 87.7 Å². The summed E-state index contributed by atoms with van der Waals surface area (Å²) in [6.45, 7) is 0.757. The Kier molecular flexibility index (Phi) is 5.40. The predicted octanol–water partition coefficient (Wildman–Crippen LogP) is 6.06. The van der Waals surface area contributed by atoms with Crippen LogP contribution in [-0.4, -0.2) is 28.6 Å². The molecule has 0 fully saturated rings. The van der Waals surface area contributed by atoms with E-state index in [9.17, 15) is 4.79 Å². The third kappa shape index (κ3) is 3.57. The van der Waals surface area contributed by atoms with Crippen molar-refractivity contribution >= 4 is 39.9 Å². The average Bonchev–Trinajstić information content (AvgIpc) is 3.44. The summed E-state index contributed by atoms with van der Waals surface area (Å²) in [6, 6.07) is 21.3. The number of thioether (sulfide) groups is 1. The summed E-state index contributed by atoms with van der Waals surface area (Å²) in [5, 5.41) is 3.36. The molecule has 1 amide bonds. The number of hydrogen-bond donors (Lipinski definition) is 1. The fourth-order valence-electron chi connectivity index (χ4n) is 4.47. The number of H-pyrrole nitrogens is 1. The number of nitrogens with one attached hydrogen (secondary N) is 1. The zero-order valence-electron chi connectivity index (χ0n) is 16.9. The monoisotopic (exact) mass is 432 g/mol. The Labute approximate surface area is 185 Å². The number of aromatic amines is 1. The molecule has 0 spiro atoms. The first-order chi connectivity index (χ1) is 14.7. The first-order valence-electron chi connectivity index (χ1n) is 10.3. The summed E-state index contributed by atoms with van der Waals surface area (Å²) in [7, 11) is 0. The van der Waals surface area contributed by atoms with Crippen LogP contribution in [0.1, 0.15) is 34.2 Å². The minimum absolute atomic E-state index is 0.0621. The zero-order valence-corrected chi connectivity index (χ0v) is 18.6. The van der Waals surface area contributed by atoms with E-state index in [-0.39, 0.29) is 11.9 Å². The molecule has 5 heteroatoms. The normalized spacial score (nSPS) is 16.0. The predicted molar refractivity (Wildman–Crippen MR) is 126 cm³/mol. The quantitative estimate of drug-likeness (QED) is 0.389. The van der Waals surface area contributed by atoms with Crippen LogP contribution in [0.5, 0.6) is 0 Å². The number of carbonyl (C=O) groups excluding carboxylic acids is 1. The van der Waals surface area contributed by atoms with E-state index in [1.165, 1.54) is 32.0 Å². The molecule has 3 heterocycles. The zero-order chi connectivity index (χ0) is 20.5. The van der Waals surface area contributed by atoms with Crippen molar-refractivity contribution in [1.29, 1.82) is 0 Å². The average molecular weight is 433 g/mol. The summed E-state index contributed by atoms with van der Waals surface area (Å²) in [5.41, 5.74) is 4.85. The van der Waals surface area contributed by atoms with Gasteiger partial charge in [-0.1, -0.05) is 36.4 Å². The molecule has 0 saturated carbocycles. The molecule has 1 N–H and O–H groups in total. The molecule has 2 aromatic carbocycles. The number of aryl methyl sites for hydroxylation is 1. The van der Waals surface area contributed by atoms with Crippen LogP contribution in [0.2, 0.25) is 0 Å². The van der Waals surface area contributed by atoms with Gasteiger partial charge in [0.2, 0.25) is 5.91 Å². The van der Waals surface area contributed by atoms with Gasteiger partial charge in [0.15, 0.2) is 0 Å². The van der Waals surface area contributed by atoms with Crippen molar-refractivity contribution in [3.8, 4) is 0 Å². The molecule has 0 bridgehead atoms. The van der Waals surface area contributed by atoms with Crippen molar-refractivity contribution in [3.63, 3.8) is 0 Å². The van der Waals surface area contributed by atoms with E-state index in [0.717, 1.165) is 24.9 Å². The Bertz CT molecular complexity index is 1160. The molecule has 1 aliphatic rings. The van der Waals surface area contributed by atoms with Crippen LogP contribution in [0.4, 0.5) is 0 Å². The molecule has 30 heavy (non-hydrogen) atoms. The number of thiophene rings is 1. The molecule has 1 atom stereocenters. The maximum atomic E-state index is 13.3. The van der Waals surface area contributed by atoms with Crippen LogP contribution in [-0.2, 0) is 17.6 Å². The van der Waals surface area contributed by atoms with Gasteiger partial charge in [-0.15, -0.1) is 23.1 Å². The number of fused-ring (bicyclic) bond motifs is 3. The van der Waals surface area contributed by atoms with Gasteiger partial charge in [-0.3, -0.25) is 4.79 Å². The third-order valence-electron chi connectivity index (χ3n) is 5.95. The lowest BCUT2D eigenvalue weighted by Crippen LogP contribution is -2.40. The molecule has 5 rings (SSSR count). The van der Waals surface area contributed by atoms with Gasteiger partial charge in [0, 0.05) is 39.3 Å². The van der Waals surface area contributed by atoms with E-state index >= 15 is 0 Å². The van der Waals surface area contributed by atoms with Crippen LogP contribution >= 0.6 is 23.1 Å². The van der Waals surface area contributed by atoms with Gasteiger partial charge in [0.1, 0.15) is 0 Å². The number of para-hydroxylation sites is 1. The highest BCUT2D eigenvalue weighted by molar-refractivity contribution is 7.98. The number of aromatic nitrogens is 1. The van der Waals surface area contributed by atoms with E-state index in [1.807, 2.05) is 0 Å². The second-order valence-electron chi connectivity index (χ2n) is 7.66. The Morgan fingerprint density at radius 1 is 1.13 bits per heavy atom. The lowest BCUT2D eigenvalue weighted by molar-refractivity contribution is -0.133. The first-order valence-corrected chi connectivity index (χ1v) is 12.4. The molecule has 0 aliphatic carbocycles. The van der Waals surface area contributed by atoms with Gasteiger partial charge >= 0.3 is 0 Å². The number of hydrogen-bond acceptors (Lipinski definition) is 3. The number of rotatable bonds is 5. The van der Waals surface area contributed by atoms with Crippen LogP contribution in [0.3, 0.4) is 0 Å². The molecule has 0 saturated heterocycles. The Balaban J connectivity index is 1.53. The van der Waals surface area contributed by atoms with Crippen molar-refractivity contribution in [2.24, 2.45) is 0 Å². The third-order valence-corrected chi connectivity index (χ3v) is 7.63. The van der Waals surface area contributed by atoms with E-state index < -0.39 is 0 Å². The van der Waals surface area contributed by atoms with E-state index in [0.29, 0.717) is 6.42 Å². The van der Waals surface area contributed by atoms with Crippen molar-refractivity contribution in [2.75, 3.05) is 12.8 Å². The highest BCUT2D eigenvalue weighted by atomic mass is 32.2. The van der Waals surface area contributed by atoms with E-state index in [1.54, 1.807) is 23.1 Å². The Morgan fingerprint density at radius 2 is 1.97 bits per heavy atom. The first kappa shape index (κ1) is 19.5. The number of carbonyl (C=O) groups is 1. The molecule has 4 aromatic rings. The maximum Gasteiger partial charge on any atom is 0.223 e. The highest BCUT2D eigenvalue weighted by Gasteiger charge is 2.34. The smallest absolute Gasteiger partial charge is 0.223 e. The molecule has 1 aliphatic heterocycles. The minimum atomic E-state index is -0.0621. The van der Waals surface area contributed by atoms with Crippen LogP contribution in [0.15, 0.2) is 70.9 Å². The van der Waals surface area contributed by atoms with Gasteiger partial charge in [0.05, 0.1) is 6.04 Å². The fourth-order valence-corrected chi connectivity index (χ4v) is 5.59. The molecule has 2 aromatic heterocycles. The standard InChI is InChI=1S/C25H24N2OS2/c1-29-18-10-8-17(9-11-18)25-24-21(20-6-2-3-7-22(20)26-24)14-15-27(25)23(28)13-12-19-5-4-16-30-19/h2-11,16,25-26H,12-15H2,1H3. The number of benzene rings is 2. The SMILES string of the molecule is CSc1ccc(C2c3[nH]c4ccccc4c3CCN2C(=O)CCc2cccs2)cc1. The summed E-state index contributed by atoms with van der Waals surface area (Å²) in [4.78, 5) is 21.6. The summed E-state index contributed by atoms with van der Waals surface area (Å²) in [6.07, 6.45) is 4.34. The highest BCUT2D eigenvalue weighted by Crippen LogP contribution is 2.39. The lowest BCUT2D eigenvalue weighted by Gasteiger charge is -2.36. The second-order valence-corrected chi connectivity index (χ2v) is 9.57.